The van der Waals surface area contributed by atoms with Gasteiger partial charge in [0, 0.05) is 0 Å². The standard InChI is InChI=1S/C8H12O4/c1-3-11-8(10)7-5(2)12-4-6(7)9/h5,7H,3-4H2,1-2H3/t5-,7-/m0/s1. The largest absolute Gasteiger partial charge is 0.465 e. The van der Waals surface area contributed by atoms with Gasteiger partial charge in [0.2, 0.25) is 0 Å². The zero-order valence-corrected chi connectivity index (χ0v) is 7.20. The second-order valence-electron chi connectivity index (χ2n) is 2.71. The van der Waals surface area contributed by atoms with Crippen LogP contribution in [0, 0.1) is 5.92 Å². The lowest BCUT2D eigenvalue weighted by Crippen LogP contribution is -2.29. The molecule has 0 aromatic heterocycles. The summed E-state index contributed by atoms with van der Waals surface area (Å²) in [7, 11) is 0. The van der Waals surface area contributed by atoms with Crippen molar-refractivity contribution in [2.75, 3.05) is 13.2 Å². The lowest BCUT2D eigenvalue weighted by atomic mass is 10.0. The van der Waals surface area contributed by atoms with Crippen LogP contribution in [0.4, 0.5) is 0 Å². The molecular weight excluding hydrogens is 160 g/mol. The van der Waals surface area contributed by atoms with Gasteiger partial charge in [-0.05, 0) is 13.8 Å². The van der Waals surface area contributed by atoms with E-state index in [9.17, 15) is 9.59 Å². The molecule has 0 N–H and O–H groups in total. The second kappa shape index (κ2) is 3.67. The summed E-state index contributed by atoms with van der Waals surface area (Å²) in [6.07, 6.45) is -0.337. The predicted molar refractivity (Wildman–Crippen MR) is 40.5 cm³/mol. The molecule has 0 unspecified atom stereocenters. The van der Waals surface area contributed by atoms with E-state index in [1.165, 1.54) is 0 Å². The number of esters is 1. The highest BCUT2D eigenvalue weighted by Crippen LogP contribution is 2.18. The summed E-state index contributed by atoms with van der Waals surface area (Å²) in [6, 6.07) is 0. The molecule has 0 bridgehead atoms. The van der Waals surface area contributed by atoms with Crippen LogP contribution in [-0.2, 0) is 19.1 Å². The first-order valence-electron chi connectivity index (χ1n) is 3.97. The molecule has 1 rings (SSSR count). The van der Waals surface area contributed by atoms with Crippen LogP contribution in [0.25, 0.3) is 0 Å². The number of carbonyl (C=O) groups is 2. The molecule has 0 spiro atoms. The van der Waals surface area contributed by atoms with Crippen molar-refractivity contribution in [3.05, 3.63) is 0 Å². The maximum Gasteiger partial charge on any atom is 0.319 e. The van der Waals surface area contributed by atoms with Crippen molar-refractivity contribution in [1.29, 1.82) is 0 Å². The van der Waals surface area contributed by atoms with Crippen LogP contribution < -0.4 is 0 Å². The molecule has 0 saturated carbocycles. The Labute approximate surface area is 70.8 Å². The molecule has 0 aliphatic carbocycles. The summed E-state index contributed by atoms with van der Waals surface area (Å²) < 4.78 is 9.72. The number of rotatable bonds is 2. The summed E-state index contributed by atoms with van der Waals surface area (Å²) in [4.78, 5) is 22.2. The van der Waals surface area contributed by atoms with E-state index in [1.807, 2.05) is 0 Å². The van der Waals surface area contributed by atoms with E-state index in [-0.39, 0.29) is 18.5 Å². The van der Waals surface area contributed by atoms with Gasteiger partial charge in [0.15, 0.2) is 5.78 Å². The van der Waals surface area contributed by atoms with Crippen LogP contribution in [0.2, 0.25) is 0 Å². The molecule has 4 heteroatoms. The van der Waals surface area contributed by atoms with Crippen molar-refractivity contribution in [3.63, 3.8) is 0 Å². The van der Waals surface area contributed by atoms with Crippen LogP contribution in [0.5, 0.6) is 0 Å². The van der Waals surface area contributed by atoms with Gasteiger partial charge in [-0.25, -0.2) is 0 Å². The lowest BCUT2D eigenvalue weighted by Gasteiger charge is -2.10. The van der Waals surface area contributed by atoms with Crippen molar-refractivity contribution in [2.45, 2.75) is 20.0 Å². The van der Waals surface area contributed by atoms with Crippen LogP contribution in [0.3, 0.4) is 0 Å². The first kappa shape index (κ1) is 9.19. The summed E-state index contributed by atoms with van der Waals surface area (Å²) in [5.41, 5.74) is 0. The number of Topliss-reactive ketones (excluding diaryl/α,β-unsaturated/α-hetero) is 1. The van der Waals surface area contributed by atoms with Crippen molar-refractivity contribution < 1.29 is 19.1 Å². The molecule has 0 amide bonds. The van der Waals surface area contributed by atoms with Gasteiger partial charge in [0.25, 0.3) is 0 Å². The molecule has 2 atom stereocenters. The Morgan fingerprint density at radius 3 is 2.83 bits per heavy atom. The minimum absolute atomic E-state index is 0.0324. The third kappa shape index (κ3) is 1.64. The zero-order chi connectivity index (χ0) is 9.14. The van der Waals surface area contributed by atoms with Crippen LogP contribution >= 0.6 is 0 Å². The first-order chi connectivity index (χ1) is 5.66. The molecule has 1 aliphatic rings. The fourth-order valence-corrected chi connectivity index (χ4v) is 1.22. The van der Waals surface area contributed by atoms with Crippen molar-refractivity contribution >= 4 is 11.8 Å². The minimum atomic E-state index is -0.704. The molecule has 0 aromatic rings. The maximum absolute atomic E-state index is 11.1. The molecule has 1 saturated heterocycles. The molecule has 4 nitrogen and oxygen atoms in total. The molecule has 68 valence electrons. The summed E-state index contributed by atoms with van der Waals surface area (Å²) in [6.45, 7) is 3.75. The van der Waals surface area contributed by atoms with E-state index in [1.54, 1.807) is 13.8 Å². The van der Waals surface area contributed by atoms with Crippen LogP contribution in [0.1, 0.15) is 13.8 Å². The Hall–Kier alpha value is -0.900. The van der Waals surface area contributed by atoms with Gasteiger partial charge in [-0.2, -0.15) is 0 Å². The van der Waals surface area contributed by atoms with Crippen molar-refractivity contribution in [1.82, 2.24) is 0 Å². The maximum atomic E-state index is 11.1. The molecule has 0 radical (unpaired) electrons. The predicted octanol–water partition coefficient (Wildman–Crippen LogP) is 0.153. The highest BCUT2D eigenvalue weighted by molar-refractivity contribution is 6.01. The van der Waals surface area contributed by atoms with Gasteiger partial charge in [0.1, 0.15) is 12.5 Å². The molecular formula is C8H12O4. The molecule has 1 fully saturated rings. The van der Waals surface area contributed by atoms with E-state index in [4.69, 9.17) is 9.47 Å². The Bertz CT molecular complexity index is 199. The summed E-state index contributed by atoms with van der Waals surface area (Å²) in [5.74, 6) is -1.35. The highest BCUT2D eigenvalue weighted by Gasteiger charge is 2.39. The molecule has 0 aromatic carbocycles. The fourth-order valence-electron chi connectivity index (χ4n) is 1.22. The van der Waals surface area contributed by atoms with Gasteiger partial charge < -0.3 is 9.47 Å². The summed E-state index contributed by atoms with van der Waals surface area (Å²) in [5, 5.41) is 0. The van der Waals surface area contributed by atoms with Gasteiger partial charge in [0.05, 0.1) is 12.7 Å². The third-order valence-corrected chi connectivity index (χ3v) is 1.85. The average Bonchev–Trinajstić information content (AvgIpc) is 2.32. The quantitative estimate of drug-likeness (QED) is 0.439. The number of hydrogen-bond acceptors (Lipinski definition) is 4. The van der Waals surface area contributed by atoms with Crippen molar-refractivity contribution in [2.24, 2.45) is 5.92 Å². The number of ether oxygens (including phenoxy) is 2. The highest BCUT2D eigenvalue weighted by atomic mass is 16.5. The Morgan fingerprint density at radius 2 is 2.42 bits per heavy atom. The average molecular weight is 172 g/mol. The van der Waals surface area contributed by atoms with Crippen LogP contribution in [0.15, 0.2) is 0 Å². The topological polar surface area (TPSA) is 52.6 Å². The number of carbonyl (C=O) groups excluding carboxylic acids is 2. The Kier molecular flexibility index (Phi) is 2.81. The van der Waals surface area contributed by atoms with Crippen molar-refractivity contribution in [3.8, 4) is 0 Å². The van der Waals surface area contributed by atoms with E-state index >= 15 is 0 Å². The smallest absolute Gasteiger partial charge is 0.319 e. The Morgan fingerprint density at radius 1 is 1.75 bits per heavy atom. The van der Waals surface area contributed by atoms with Gasteiger partial charge >= 0.3 is 5.97 Å². The van der Waals surface area contributed by atoms with Gasteiger partial charge in [-0.3, -0.25) is 9.59 Å². The lowest BCUT2D eigenvalue weighted by molar-refractivity contribution is -0.151. The zero-order valence-electron chi connectivity index (χ0n) is 7.20. The second-order valence-corrected chi connectivity index (χ2v) is 2.71. The Balaban J connectivity index is 2.59. The molecule has 1 aliphatic heterocycles. The van der Waals surface area contributed by atoms with E-state index in [0.717, 1.165) is 0 Å². The summed E-state index contributed by atoms with van der Waals surface area (Å²) >= 11 is 0. The van der Waals surface area contributed by atoms with E-state index in [0.29, 0.717) is 6.61 Å². The van der Waals surface area contributed by atoms with E-state index < -0.39 is 11.9 Å². The van der Waals surface area contributed by atoms with Gasteiger partial charge in [-0.15, -0.1) is 0 Å². The molecule has 1 heterocycles. The normalized spacial score (nSPS) is 29.0. The third-order valence-electron chi connectivity index (χ3n) is 1.85. The monoisotopic (exact) mass is 172 g/mol. The number of hydrogen-bond donors (Lipinski definition) is 0. The SMILES string of the molecule is CCOC(=O)[C@@H]1C(=O)CO[C@H]1C. The van der Waals surface area contributed by atoms with E-state index in [2.05, 4.69) is 0 Å². The first-order valence-corrected chi connectivity index (χ1v) is 3.97. The van der Waals surface area contributed by atoms with Gasteiger partial charge in [-0.1, -0.05) is 0 Å². The number of ketones is 1. The van der Waals surface area contributed by atoms with Crippen LogP contribution in [-0.4, -0.2) is 31.1 Å². The fraction of sp³-hybridized carbons (Fsp3) is 0.750. The minimum Gasteiger partial charge on any atom is -0.465 e. The molecule has 12 heavy (non-hydrogen) atoms.